The van der Waals surface area contributed by atoms with E-state index < -0.39 is 5.69 Å². The second-order valence-electron chi connectivity index (χ2n) is 3.12. The lowest BCUT2D eigenvalue weighted by atomic mass is 10.1. The first-order chi connectivity index (χ1) is 7.16. The summed E-state index contributed by atoms with van der Waals surface area (Å²) in [5.41, 5.74) is 0.634. The van der Waals surface area contributed by atoms with Gasteiger partial charge in [-0.3, -0.25) is 0 Å². The third-order valence-corrected chi connectivity index (χ3v) is 2.52. The number of halogens is 1. The summed E-state index contributed by atoms with van der Waals surface area (Å²) < 4.78 is 2.00. The molecule has 6 heteroatoms. The lowest BCUT2D eigenvalue weighted by molar-refractivity contribution is 0.854. The number of nitrogens with two attached hydrogens (primary N) is 1. The van der Waals surface area contributed by atoms with Gasteiger partial charge in [0.2, 0.25) is 0 Å². The lowest BCUT2D eigenvalue weighted by Gasteiger charge is -2.00. The second-order valence-corrected chi connectivity index (χ2v) is 4.04. The molecule has 0 atom stereocenters. The maximum Gasteiger partial charge on any atom is 0.361 e. The van der Waals surface area contributed by atoms with Crippen LogP contribution in [-0.2, 0) is 6.42 Å². The van der Waals surface area contributed by atoms with Gasteiger partial charge in [0.15, 0.2) is 5.82 Å². The monoisotopic (exact) mass is 268 g/mol. The molecule has 5 nitrogen and oxygen atoms in total. The van der Waals surface area contributed by atoms with Gasteiger partial charge in [-0.1, -0.05) is 28.1 Å². The molecule has 3 N–H and O–H groups in total. The van der Waals surface area contributed by atoms with Crippen LogP contribution in [0.25, 0.3) is 0 Å². The maximum atomic E-state index is 11.0. The zero-order chi connectivity index (χ0) is 10.8. The molecule has 78 valence electrons. The van der Waals surface area contributed by atoms with E-state index in [0.29, 0.717) is 12.2 Å². The fourth-order valence-electron chi connectivity index (χ4n) is 1.29. The Hall–Kier alpha value is -1.56. The molecule has 0 saturated carbocycles. The Morgan fingerprint density at radius 3 is 2.93 bits per heavy atom. The van der Waals surface area contributed by atoms with Crippen molar-refractivity contribution in [2.45, 2.75) is 6.42 Å². The van der Waals surface area contributed by atoms with Gasteiger partial charge in [-0.25, -0.2) is 9.89 Å². The van der Waals surface area contributed by atoms with Gasteiger partial charge in [0.05, 0.1) is 0 Å². The van der Waals surface area contributed by atoms with Crippen molar-refractivity contribution >= 4 is 15.9 Å². The minimum absolute atomic E-state index is 0.403. The largest absolute Gasteiger partial charge is 0.361 e. The predicted molar refractivity (Wildman–Crippen MR) is 59.9 cm³/mol. The van der Waals surface area contributed by atoms with Gasteiger partial charge in [0.25, 0.3) is 0 Å². The Morgan fingerprint density at radius 2 is 2.33 bits per heavy atom. The van der Waals surface area contributed by atoms with Gasteiger partial charge in [0, 0.05) is 10.9 Å². The van der Waals surface area contributed by atoms with Crippen LogP contribution in [0.15, 0.2) is 33.5 Å². The molecule has 0 radical (unpaired) electrons. The molecule has 15 heavy (non-hydrogen) atoms. The summed E-state index contributed by atoms with van der Waals surface area (Å²) in [7, 11) is 0. The molecule has 0 aliphatic carbocycles. The number of nitrogens with one attached hydrogen (secondary N) is 1. The van der Waals surface area contributed by atoms with Gasteiger partial charge in [-0.15, -0.1) is 0 Å². The SMILES string of the molecule is Nn1c(Cc2cccc(Br)c2)n[nH]c1=O. The third kappa shape index (κ3) is 2.10. The smallest absolute Gasteiger partial charge is 0.333 e. The highest BCUT2D eigenvalue weighted by Gasteiger charge is 2.05. The van der Waals surface area contributed by atoms with Crippen molar-refractivity contribution in [1.82, 2.24) is 14.9 Å². The van der Waals surface area contributed by atoms with Crippen molar-refractivity contribution in [2.75, 3.05) is 5.84 Å². The van der Waals surface area contributed by atoms with Crippen molar-refractivity contribution in [3.8, 4) is 0 Å². The van der Waals surface area contributed by atoms with Crippen LogP contribution in [0.2, 0.25) is 0 Å². The quantitative estimate of drug-likeness (QED) is 0.785. The van der Waals surface area contributed by atoms with E-state index in [9.17, 15) is 4.79 Å². The van der Waals surface area contributed by atoms with Crippen molar-refractivity contribution in [3.05, 3.63) is 50.6 Å². The second kappa shape index (κ2) is 3.90. The Bertz CT molecular complexity index is 531. The summed E-state index contributed by atoms with van der Waals surface area (Å²) in [5, 5.41) is 6.12. The number of rotatable bonds is 2. The maximum absolute atomic E-state index is 11.0. The van der Waals surface area contributed by atoms with Crippen LogP contribution >= 0.6 is 15.9 Å². The van der Waals surface area contributed by atoms with Crippen LogP contribution in [0.3, 0.4) is 0 Å². The van der Waals surface area contributed by atoms with Gasteiger partial charge in [-0.2, -0.15) is 9.77 Å². The molecule has 2 aromatic rings. The van der Waals surface area contributed by atoms with E-state index in [1.807, 2.05) is 24.3 Å². The fraction of sp³-hybridized carbons (Fsp3) is 0.111. The number of benzene rings is 1. The van der Waals surface area contributed by atoms with Crippen molar-refractivity contribution in [2.24, 2.45) is 0 Å². The minimum atomic E-state index is -0.403. The number of hydrogen-bond donors (Lipinski definition) is 2. The van der Waals surface area contributed by atoms with Gasteiger partial charge in [-0.05, 0) is 17.7 Å². The number of aromatic nitrogens is 3. The van der Waals surface area contributed by atoms with Crippen molar-refractivity contribution in [1.29, 1.82) is 0 Å². The summed E-state index contributed by atoms with van der Waals surface area (Å²) in [6.45, 7) is 0. The number of nitrogen functional groups attached to an aromatic ring is 1. The number of hydrogen-bond acceptors (Lipinski definition) is 3. The molecule has 1 aromatic carbocycles. The van der Waals surface area contributed by atoms with Crippen LogP contribution in [0, 0.1) is 0 Å². The third-order valence-electron chi connectivity index (χ3n) is 2.03. The summed E-state index contributed by atoms with van der Waals surface area (Å²) in [5.74, 6) is 6.00. The van der Waals surface area contributed by atoms with Crippen LogP contribution in [0.4, 0.5) is 0 Å². The molecule has 0 aliphatic rings. The molecule has 1 aromatic heterocycles. The summed E-state index contributed by atoms with van der Waals surface area (Å²) >= 11 is 3.37. The minimum Gasteiger partial charge on any atom is -0.333 e. The summed E-state index contributed by atoms with van der Waals surface area (Å²) in [6.07, 6.45) is 0.523. The van der Waals surface area contributed by atoms with E-state index in [-0.39, 0.29) is 0 Å². The van der Waals surface area contributed by atoms with Gasteiger partial charge in [0.1, 0.15) is 0 Å². The van der Waals surface area contributed by atoms with Crippen molar-refractivity contribution in [3.63, 3.8) is 0 Å². The summed E-state index contributed by atoms with van der Waals surface area (Å²) in [6, 6.07) is 7.76. The standard InChI is InChI=1S/C9H9BrN4O/c10-7-3-1-2-6(4-7)5-8-12-13-9(15)14(8)11/h1-4H,5,11H2,(H,13,15). The van der Waals surface area contributed by atoms with Crippen LogP contribution in [-0.4, -0.2) is 14.9 Å². The molecule has 0 spiro atoms. The molecule has 0 saturated heterocycles. The molecule has 1 heterocycles. The topological polar surface area (TPSA) is 76.7 Å². The fourth-order valence-corrected chi connectivity index (χ4v) is 1.74. The number of aromatic amines is 1. The first-order valence-electron chi connectivity index (χ1n) is 4.32. The van der Waals surface area contributed by atoms with Gasteiger partial charge >= 0.3 is 5.69 Å². The molecule has 2 rings (SSSR count). The molecule has 0 fully saturated rings. The van der Waals surface area contributed by atoms with Crippen LogP contribution in [0.5, 0.6) is 0 Å². The molecule has 0 amide bonds. The highest BCUT2D eigenvalue weighted by molar-refractivity contribution is 9.10. The average Bonchev–Trinajstić information content (AvgIpc) is 2.50. The van der Waals surface area contributed by atoms with E-state index in [2.05, 4.69) is 26.1 Å². The Labute approximate surface area is 94.0 Å². The van der Waals surface area contributed by atoms with Crippen LogP contribution < -0.4 is 11.5 Å². The summed E-state index contributed by atoms with van der Waals surface area (Å²) in [4.78, 5) is 11.0. The van der Waals surface area contributed by atoms with E-state index >= 15 is 0 Å². The van der Waals surface area contributed by atoms with E-state index in [1.54, 1.807) is 0 Å². The number of nitrogens with zero attached hydrogens (tertiary/aromatic N) is 2. The first-order valence-corrected chi connectivity index (χ1v) is 5.12. The molecule has 0 unspecified atom stereocenters. The van der Waals surface area contributed by atoms with E-state index in [4.69, 9.17) is 5.84 Å². The number of H-pyrrole nitrogens is 1. The van der Waals surface area contributed by atoms with E-state index in [1.165, 1.54) is 0 Å². The molecular formula is C9H9BrN4O. The Balaban J connectivity index is 2.29. The van der Waals surface area contributed by atoms with E-state index in [0.717, 1.165) is 14.7 Å². The van der Waals surface area contributed by atoms with Crippen LogP contribution in [0.1, 0.15) is 11.4 Å². The Morgan fingerprint density at radius 1 is 1.53 bits per heavy atom. The predicted octanol–water partition coefficient (Wildman–Crippen LogP) is 0.638. The van der Waals surface area contributed by atoms with Crippen molar-refractivity contribution < 1.29 is 0 Å². The average molecular weight is 269 g/mol. The molecular weight excluding hydrogens is 260 g/mol. The zero-order valence-corrected chi connectivity index (χ0v) is 9.36. The molecule has 0 aliphatic heterocycles. The highest BCUT2D eigenvalue weighted by atomic mass is 79.9. The lowest BCUT2D eigenvalue weighted by Crippen LogP contribution is -2.26. The molecule has 0 bridgehead atoms. The van der Waals surface area contributed by atoms with Gasteiger partial charge < -0.3 is 5.84 Å². The highest BCUT2D eigenvalue weighted by Crippen LogP contribution is 2.13. The normalized spacial score (nSPS) is 10.5. The Kier molecular flexibility index (Phi) is 2.59. The first kappa shape index (κ1) is 9.97. The zero-order valence-electron chi connectivity index (χ0n) is 7.77.